The summed E-state index contributed by atoms with van der Waals surface area (Å²) in [5.41, 5.74) is 3.53. The highest BCUT2D eigenvalue weighted by Crippen LogP contribution is 2.35. The van der Waals surface area contributed by atoms with Gasteiger partial charge in [0.25, 0.3) is 5.56 Å². The first kappa shape index (κ1) is 23.0. The molecule has 5 nitrogen and oxygen atoms in total. The van der Waals surface area contributed by atoms with Crippen molar-refractivity contribution in [2.75, 3.05) is 7.11 Å². The molecule has 0 spiro atoms. The fourth-order valence-corrected chi connectivity index (χ4v) is 6.75. The topological polar surface area (TPSA) is 56.2 Å². The Morgan fingerprint density at radius 2 is 1.92 bits per heavy atom. The van der Waals surface area contributed by atoms with Crippen LogP contribution in [-0.2, 0) is 19.4 Å². The molecule has 1 aliphatic rings. The maximum atomic E-state index is 13.7. The van der Waals surface area contributed by atoms with Crippen molar-refractivity contribution in [2.45, 2.75) is 44.8 Å². The first-order valence-electron chi connectivity index (χ1n) is 12.5. The van der Waals surface area contributed by atoms with Crippen molar-refractivity contribution in [2.24, 2.45) is 0 Å². The number of aromatic nitrogens is 2. The summed E-state index contributed by atoms with van der Waals surface area (Å²) in [5.74, 6) is 0.787. The molecule has 5 aromatic rings. The minimum atomic E-state index is 0.0385. The number of nitrogens with zero attached hydrogens (tertiary/aromatic N) is 2. The molecule has 1 aliphatic carbocycles. The van der Waals surface area contributed by atoms with E-state index in [2.05, 4.69) is 60.8 Å². The second kappa shape index (κ2) is 9.52. The molecule has 6 rings (SSSR count). The number of fused-ring (bicyclic) bond motifs is 4. The molecule has 2 unspecified atom stereocenters. The number of rotatable bonds is 6. The number of benzene rings is 3. The van der Waals surface area contributed by atoms with Crippen LogP contribution in [0.15, 0.2) is 77.9 Å². The van der Waals surface area contributed by atoms with Gasteiger partial charge < -0.3 is 10.1 Å². The zero-order valence-electron chi connectivity index (χ0n) is 20.5. The van der Waals surface area contributed by atoms with Crippen LogP contribution in [0.4, 0.5) is 0 Å². The fraction of sp³-hybridized carbons (Fsp3) is 0.267. The molecule has 0 amide bonds. The van der Waals surface area contributed by atoms with Crippen LogP contribution in [0.3, 0.4) is 0 Å². The third-order valence-corrected chi connectivity index (χ3v) is 8.53. The lowest BCUT2D eigenvalue weighted by molar-refractivity contribution is 0.409. The van der Waals surface area contributed by atoms with Crippen molar-refractivity contribution in [3.63, 3.8) is 0 Å². The van der Waals surface area contributed by atoms with Gasteiger partial charge in [0.2, 0.25) is 0 Å². The van der Waals surface area contributed by atoms with E-state index in [1.807, 2.05) is 18.2 Å². The molecule has 36 heavy (non-hydrogen) atoms. The summed E-state index contributed by atoms with van der Waals surface area (Å²) in [6.45, 7) is 2.65. The Bertz CT molecular complexity index is 1610. The maximum absolute atomic E-state index is 13.7. The number of thiophene rings is 1. The Labute approximate surface area is 214 Å². The number of hydrogen-bond donors (Lipinski definition) is 1. The predicted molar refractivity (Wildman–Crippen MR) is 147 cm³/mol. The summed E-state index contributed by atoms with van der Waals surface area (Å²) in [4.78, 5) is 20.6. The average Bonchev–Trinajstić information content (AvgIpc) is 3.29. The van der Waals surface area contributed by atoms with Gasteiger partial charge >= 0.3 is 0 Å². The monoisotopic (exact) mass is 495 g/mol. The summed E-state index contributed by atoms with van der Waals surface area (Å²) >= 11 is 1.68. The SMILES string of the molecule is COc1ccc2ccccc2c1Cn1cnc2sc3c(c2c1=O)CCC(NC(C)c1ccccc1)C3. The zero-order chi connectivity index (χ0) is 24.6. The van der Waals surface area contributed by atoms with Crippen LogP contribution in [0, 0.1) is 0 Å². The lowest BCUT2D eigenvalue weighted by Crippen LogP contribution is -2.36. The van der Waals surface area contributed by atoms with E-state index in [4.69, 9.17) is 9.72 Å². The van der Waals surface area contributed by atoms with Crippen molar-refractivity contribution < 1.29 is 4.74 Å². The second-order valence-electron chi connectivity index (χ2n) is 9.57. The minimum Gasteiger partial charge on any atom is -0.496 e. The highest BCUT2D eigenvalue weighted by Gasteiger charge is 2.26. The van der Waals surface area contributed by atoms with Gasteiger partial charge in [-0.05, 0) is 54.2 Å². The zero-order valence-corrected chi connectivity index (χ0v) is 21.3. The third-order valence-electron chi connectivity index (χ3n) is 7.37. The van der Waals surface area contributed by atoms with Gasteiger partial charge in [0.15, 0.2) is 0 Å². The number of hydrogen-bond acceptors (Lipinski definition) is 5. The van der Waals surface area contributed by atoms with Crippen LogP contribution in [0.25, 0.3) is 21.0 Å². The van der Waals surface area contributed by atoms with Crippen LogP contribution >= 0.6 is 11.3 Å². The quantitative estimate of drug-likeness (QED) is 0.320. The second-order valence-corrected chi connectivity index (χ2v) is 10.7. The van der Waals surface area contributed by atoms with E-state index >= 15 is 0 Å². The molecular weight excluding hydrogens is 466 g/mol. The van der Waals surface area contributed by atoms with Gasteiger partial charge in [-0.25, -0.2) is 4.98 Å². The van der Waals surface area contributed by atoms with Gasteiger partial charge in [-0.15, -0.1) is 11.3 Å². The summed E-state index contributed by atoms with van der Waals surface area (Å²) in [5, 5.41) is 6.82. The van der Waals surface area contributed by atoms with Crippen LogP contribution in [0.5, 0.6) is 5.75 Å². The number of ether oxygens (including phenoxy) is 1. The Hall–Kier alpha value is -3.48. The largest absolute Gasteiger partial charge is 0.496 e. The summed E-state index contributed by atoms with van der Waals surface area (Å²) < 4.78 is 7.40. The molecule has 2 atom stereocenters. The van der Waals surface area contributed by atoms with Crippen LogP contribution in [0.2, 0.25) is 0 Å². The Morgan fingerprint density at radius 3 is 2.75 bits per heavy atom. The predicted octanol–water partition coefficient (Wildman–Crippen LogP) is 5.88. The number of nitrogens with one attached hydrogen (secondary N) is 1. The van der Waals surface area contributed by atoms with Gasteiger partial charge in [-0.2, -0.15) is 0 Å². The molecule has 0 fully saturated rings. The van der Waals surface area contributed by atoms with Crippen molar-refractivity contribution in [3.8, 4) is 5.75 Å². The minimum absolute atomic E-state index is 0.0385. The summed E-state index contributed by atoms with van der Waals surface area (Å²) in [6.07, 6.45) is 4.54. The van der Waals surface area contributed by atoms with Crippen molar-refractivity contribution in [1.29, 1.82) is 0 Å². The van der Waals surface area contributed by atoms with Gasteiger partial charge in [0, 0.05) is 22.5 Å². The molecule has 0 saturated heterocycles. The van der Waals surface area contributed by atoms with E-state index in [1.54, 1.807) is 29.3 Å². The standard InChI is InChI=1S/C30H29N3O2S/c1-19(20-8-4-3-5-9-20)32-22-13-14-24-27(16-22)36-29-28(24)30(34)33(18-31-29)17-25-23-11-7-6-10-21(23)12-15-26(25)35-2/h3-12,15,18-19,22,32H,13-14,16-17H2,1-2H3. The number of aryl methyl sites for hydroxylation is 1. The molecule has 6 heteroatoms. The highest BCUT2D eigenvalue weighted by molar-refractivity contribution is 7.18. The average molecular weight is 496 g/mol. The van der Waals surface area contributed by atoms with Gasteiger partial charge in [-0.1, -0.05) is 60.7 Å². The smallest absolute Gasteiger partial charge is 0.262 e. The van der Waals surface area contributed by atoms with Crippen LogP contribution < -0.4 is 15.6 Å². The van der Waals surface area contributed by atoms with Crippen molar-refractivity contribution in [1.82, 2.24) is 14.9 Å². The van der Waals surface area contributed by atoms with E-state index in [1.165, 1.54) is 16.0 Å². The molecule has 2 heterocycles. The molecule has 0 radical (unpaired) electrons. The molecule has 2 aromatic heterocycles. The van der Waals surface area contributed by atoms with Crippen molar-refractivity contribution in [3.05, 3.63) is 105 Å². The summed E-state index contributed by atoms with van der Waals surface area (Å²) in [6, 6.07) is 23.5. The molecule has 182 valence electrons. The molecular formula is C30H29N3O2S. The van der Waals surface area contributed by atoms with Gasteiger partial charge in [0.1, 0.15) is 10.6 Å². The van der Waals surface area contributed by atoms with E-state index < -0.39 is 0 Å². The first-order valence-corrected chi connectivity index (χ1v) is 13.3. The van der Waals surface area contributed by atoms with E-state index in [9.17, 15) is 4.79 Å². The molecule has 0 bridgehead atoms. The van der Waals surface area contributed by atoms with E-state index in [-0.39, 0.29) is 11.6 Å². The molecule has 1 N–H and O–H groups in total. The highest BCUT2D eigenvalue weighted by atomic mass is 32.1. The molecule has 3 aromatic carbocycles. The molecule has 0 saturated carbocycles. The van der Waals surface area contributed by atoms with E-state index in [0.29, 0.717) is 12.6 Å². The lowest BCUT2D eigenvalue weighted by atomic mass is 9.92. The van der Waals surface area contributed by atoms with Crippen LogP contribution in [-0.4, -0.2) is 22.7 Å². The van der Waals surface area contributed by atoms with Crippen LogP contribution in [0.1, 0.15) is 41.0 Å². The first-order chi connectivity index (χ1) is 17.6. The lowest BCUT2D eigenvalue weighted by Gasteiger charge is -2.27. The third kappa shape index (κ3) is 4.10. The maximum Gasteiger partial charge on any atom is 0.262 e. The molecule has 0 aliphatic heterocycles. The Kier molecular flexibility index (Phi) is 6.07. The van der Waals surface area contributed by atoms with E-state index in [0.717, 1.165) is 51.6 Å². The van der Waals surface area contributed by atoms with Gasteiger partial charge in [-0.3, -0.25) is 9.36 Å². The fourth-order valence-electron chi connectivity index (χ4n) is 5.49. The Balaban J connectivity index is 1.31. The normalized spacial score (nSPS) is 16.2. The van der Waals surface area contributed by atoms with Crippen molar-refractivity contribution >= 4 is 32.3 Å². The van der Waals surface area contributed by atoms with Gasteiger partial charge in [0.05, 0.1) is 25.4 Å². The Morgan fingerprint density at radius 1 is 1.11 bits per heavy atom. The number of methoxy groups -OCH3 is 1. The summed E-state index contributed by atoms with van der Waals surface area (Å²) in [7, 11) is 1.68.